The molecule has 0 saturated carbocycles. The molecular formula is C27H26N2O2. The van der Waals surface area contributed by atoms with Crippen molar-refractivity contribution in [3.63, 3.8) is 0 Å². The first-order valence-corrected chi connectivity index (χ1v) is 10.9. The summed E-state index contributed by atoms with van der Waals surface area (Å²) in [5.74, 6) is 0.690. The van der Waals surface area contributed by atoms with Crippen molar-refractivity contribution in [2.45, 2.75) is 31.7 Å². The maximum absolute atomic E-state index is 13.6. The normalized spacial score (nSPS) is 15.8. The number of nitriles is 1. The van der Waals surface area contributed by atoms with E-state index in [-0.39, 0.29) is 11.9 Å². The summed E-state index contributed by atoms with van der Waals surface area (Å²) < 4.78 is 5.90. The molecule has 1 fully saturated rings. The van der Waals surface area contributed by atoms with Crippen LogP contribution >= 0.6 is 0 Å². The van der Waals surface area contributed by atoms with E-state index in [0.717, 1.165) is 48.9 Å². The van der Waals surface area contributed by atoms with Gasteiger partial charge in [0, 0.05) is 24.6 Å². The maximum atomic E-state index is 13.6. The fourth-order valence-corrected chi connectivity index (χ4v) is 4.25. The van der Waals surface area contributed by atoms with E-state index in [1.54, 1.807) is 6.07 Å². The van der Waals surface area contributed by atoms with Gasteiger partial charge in [0.15, 0.2) is 0 Å². The van der Waals surface area contributed by atoms with Crippen molar-refractivity contribution in [1.29, 1.82) is 5.26 Å². The summed E-state index contributed by atoms with van der Waals surface area (Å²) in [5.41, 5.74) is 3.31. The predicted molar refractivity (Wildman–Crippen MR) is 122 cm³/mol. The van der Waals surface area contributed by atoms with Crippen LogP contribution in [0.2, 0.25) is 0 Å². The van der Waals surface area contributed by atoms with E-state index in [4.69, 9.17) is 4.74 Å². The molecule has 0 aromatic heterocycles. The highest BCUT2D eigenvalue weighted by Gasteiger charge is 2.28. The summed E-state index contributed by atoms with van der Waals surface area (Å²) in [7, 11) is 0. The lowest BCUT2D eigenvalue weighted by Gasteiger charge is -2.36. The van der Waals surface area contributed by atoms with Crippen molar-refractivity contribution in [1.82, 2.24) is 4.90 Å². The number of likely N-dealkylation sites (tertiary alicyclic amines) is 1. The molecule has 1 amide bonds. The Balaban J connectivity index is 1.49. The summed E-state index contributed by atoms with van der Waals surface area (Å²) in [6.07, 6.45) is 3.86. The van der Waals surface area contributed by atoms with E-state index in [0.29, 0.717) is 17.9 Å². The summed E-state index contributed by atoms with van der Waals surface area (Å²) >= 11 is 0. The molecule has 1 aliphatic heterocycles. The van der Waals surface area contributed by atoms with E-state index < -0.39 is 0 Å². The number of hydrogen-bond acceptors (Lipinski definition) is 3. The summed E-state index contributed by atoms with van der Waals surface area (Å²) in [4.78, 5) is 15.6. The van der Waals surface area contributed by atoms with Gasteiger partial charge in [-0.3, -0.25) is 4.79 Å². The van der Waals surface area contributed by atoms with Gasteiger partial charge in [0.2, 0.25) is 0 Å². The Labute approximate surface area is 183 Å². The molecule has 31 heavy (non-hydrogen) atoms. The Morgan fingerprint density at radius 1 is 0.968 bits per heavy atom. The first-order chi connectivity index (χ1) is 15.3. The zero-order chi connectivity index (χ0) is 21.5. The van der Waals surface area contributed by atoms with Crippen molar-refractivity contribution in [3.8, 4) is 22.9 Å². The first kappa shape index (κ1) is 20.7. The number of benzene rings is 3. The minimum atomic E-state index is 0.0848. The van der Waals surface area contributed by atoms with Gasteiger partial charge in [-0.1, -0.05) is 60.7 Å². The van der Waals surface area contributed by atoms with Crippen LogP contribution in [0.4, 0.5) is 0 Å². The van der Waals surface area contributed by atoms with Crippen molar-refractivity contribution in [2.75, 3.05) is 13.2 Å². The lowest BCUT2D eigenvalue weighted by Crippen LogP contribution is -2.44. The number of carbonyl (C=O) groups is 1. The Kier molecular flexibility index (Phi) is 6.64. The fourth-order valence-electron chi connectivity index (χ4n) is 4.25. The molecule has 1 unspecified atom stereocenters. The third-order valence-corrected chi connectivity index (χ3v) is 5.85. The maximum Gasteiger partial charge on any atom is 0.254 e. The smallest absolute Gasteiger partial charge is 0.254 e. The van der Waals surface area contributed by atoms with Gasteiger partial charge in [-0.2, -0.15) is 5.26 Å². The second-order valence-electron chi connectivity index (χ2n) is 7.80. The largest absolute Gasteiger partial charge is 0.492 e. The van der Waals surface area contributed by atoms with Crippen LogP contribution in [0.15, 0.2) is 78.9 Å². The van der Waals surface area contributed by atoms with Gasteiger partial charge in [0.25, 0.3) is 5.91 Å². The van der Waals surface area contributed by atoms with E-state index in [2.05, 4.69) is 6.07 Å². The predicted octanol–water partition coefficient (Wildman–Crippen LogP) is 5.69. The molecule has 4 heteroatoms. The Morgan fingerprint density at radius 2 is 1.71 bits per heavy atom. The van der Waals surface area contributed by atoms with E-state index in [1.807, 2.05) is 77.7 Å². The zero-order valence-corrected chi connectivity index (χ0v) is 17.5. The minimum absolute atomic E-state index is 0.0848. The molecule has 1 saturated heterocycles. The fraction of sp³-hybridized carbons (Fsp3) is 0.259. The molecule has 0 spiro atoms. The van der Waals surface area contributed by atoms with E-state index >= 15 is 0 Å². The summed E-state index contributed by atoms with van der Waals surface area (Å²) in [6, 6.07) is 27.5. The standard InChI is InChI=1S/C27H26N2O2/c28-20-22-12-4-7-16-26(22)31-19-17-23-13-8-9-18-29(23)27(30)25-15-6-5-14-24(25)21-10-2-1-3-11-21/h1-7,10-12,14-16,23H,8-9,13,17-19H2. The lowest BCUT2D eigenvalue weighted by atomic mass is 9.95. The van der Waals surface area contributed by atoms with Gasteiger partial charge in [0.05, 0.1) is 12.2 Å². The molecule has 0 aliphatic carbocycles. The third kappa shape index (κ3) is 4.78. The lowest BCUT2D eigenvalue weighted by molar-refractivity contribution is 0.0581. The SMILES string of the molecule is N#Cc1ccccc1OCCC1CCCCN1C(=O)c1ccccc1-c1ccccc1. The molecule has 156 valence electrons. The topological polar surface area (TPSA) is 53.3 Å². The molecule has 4 rings (SSSR count). The van der Waals surface area contributed by atoms with Crippen LogP contribution in [-0.4, -0.2) is 30.0 Å². The number of ether oxygens (including phenoxy) is 1. The molecule has 0 bridgehead atoms. The number of amides is 1. The van der Waals surface area contributed by atoms with Crippen molar-refractivity contribution < 1.29 is 9.53 Å². The molecule has 3 aromatic rings. The van der Waals surface area contributed by atoms with Gasteiger partial charge < -0.3 is 9.64 Å². The Bertz CT molecular complexity index is 1070. The van der Waals surface area contributed by atoms with Gasteiger partial charge in [-0.25, -0.2) is 0 Å². The molecule has 1 heterocycles. The summed E-state index contributed by atoms with van der Waals surface area (Å²) in [6.45, 7) is 1.24. The van der Waals surface area contributed by atoms with Crippen molar-refractivity contribution in [2.24, 2.45) is 0 Å². The number of carbonyl (C=O) groups excluding carboxylic acids is 1. The number of hydrogen-bond donors (Lipinski definition) is 0. The average Bonchev–Trinajstić information content (AvgIpc) is 2.85. The Morgan fingerprint density at radius 3 is 2.55 bits per heavy atom. The second kappa shape index (κ2) is 9.95. The average molecular weight is 411 g/mol. The van der Waals surface area contributed by atoms with Gasteiger partial charge in [-0.05, 0) is 48.6 Å². The minimum Gasteiger partial charge on any atom is -0.492 e. The number of para-hydroxylation sites is 1. The first-order valence-electron chi connectivity index (χ1n) is 10.9. The van der Waals surface area contributed by atoms with Crippen LogP contribution in [0.3, 0.4) is 0 Å². The van der Waals surface area contributed by atoms with Crippen LogP contribution in [0.5, 0.6) is 5.75 Å². The molecule has 1 atom stereocenters. The Hall–Kier alpha value is -3.58. The molecule has 0 N–H and O–H groups in total. The third-order valence-electron chi connectivity index (χ3n) is 5.85. The highest BCUT2D eigenvalue weighted by Crippen LogP contribution is 2.28. The number of rotatable bonds is 6. The highest BCUT2D eigenvalue weighted by molar-refractivity contribution is 6.01. The molecular weight excluding hydrogens is 384 g/mol. The molecule has 0 radical (unpaired) electrons. The molecule has 3 aromatic carbocycles. The number of nitrogens with zero attached hydrogens (tertiary/aromatic N) is 2. The van der Waals surface area contributed by atoms with Crippen molar-refractivity contribution >= 4 is 5.91 Å². The highest BCUT2D eigenvalue weighted by atomic mass is 16.5. The monoisotopic (exact) mass is 410 g/mol. The molecule has 4 nitrogen and oxygen atoms in total. The quantitative estimate of drug-likeness (QED) is 0.525. The van der Waals surface area contributed by atoms with Gasteiger partial charge in [-0.15, -0.1) is 0 Å². The van der Waals surface area contributed by atoms with Crippen LogP contribution in [0, 0.1) is 11.3 Å². The summed E-state index contributed by atoms with van der Waals surface area (Å²) in [5, 5.41) is 9.24. The van der Waals surface area contributed by atoms with Crippen LogP contribution in [0.1, 0.15) is 41.6 Å². The number of piperidine rings is 1. The van der Waals surface area contributed by atoms with E-state index in [1.165, 1.54) is 0 Å². The van der Waals surface area contributed by atoms with Crippen molar-refractivity contribution in [3.05, 3.63) is 90.0 Å². The van der Waals surface area contributed by atoms with Crippen LogP contribution in [-0.2, 0) is 0 Å². The van der Waals surface area contributed by atoms with Gasteiger partial charge >= 0.3 is 0 Å². The second-order valence-corrected chi connectivity index (χ2v) is 7.80. The van der Waals surface area contributed by atoms with Crippen LogP contribution < -0.4 is 4.74 Å². The molecule has 1 aliphatic rings. The van der Waals surface area contributed by atoms with E-state index in [9.17, 15) is 10.1 Å². The van der Waals surface area contributed by atoms with Gasteiger partial charge in [0.1, 0.15) is 11.8 Å². The van der Waals surface area contributed by atoms with Crippen LogP contribution in [0.25, 0.3) is 11.1 Å². The zero-order valence-electron chi connectivity index (χ0n) is 17.5.